The molecule has 1 atom stereocenters. The standard InChI is InChI=1S/C14H15Cl2N3O3/c1-19(14(22)10-5-6-11(20)17-10)7-12(21)18-13-8(15)3-2-4-9(13)16/h2-4,10H,5-7H2,1H3,(H,17,20)(H,18,21)/t10-/m1/s1. The number of hydrogen-bond donors (Lipinski definition) is 2. The summed E-state index contributed by atoms with van der Waals surface area (Å²) in [6.45, 7) is -0.160. The van der Waals surface area contributed by atoms with Crippen molar-refractivity contribution >= 4 is 46.6 Å². The number of benzene rings is 1. The summed E-state index contributed by atoms with van der Waals surface area (Å²) in [6.07, 6.45) is 0.769. The molecule has 8 heteroatoms. The molecule has 0 aromatic heterocycles. The van der Waals surface area contributed by atoms with Gasteiger partial charge in [-0.05, 0) is 18.6 Å². The minimum absolute atomic E-state index is 0.154. The van der Waals surface area contributed by atoms with Crippen LogP contribution >= 0.6 is 23.2 Å². The van der Waals surface area contributed by atoms with Crippen LogP contribution in [0.25, 0.3) is 0 Å². The lowest BCUT2D eigenvalue weighted by Crippen LogP contribution is -2.45. The van der Waals surface area contributed by atoms with Crippen LogP contribution in [-0.2, 0) is 14.4 Å². The molecule has 0 unspecified atom stereocenters. The van der Waals surface area contributed by atoms with Gasteiger partial charge >= 0.3 is 0 Å². The van der Waals surface area contributed by atoms with E-state index in [4.69, 9.17) is 23.2 Å². The van der Waals surface area contributed by atoms with Gasteiger partial charge in [0.1, 0.15) is 6.04 Å². The van der Waals surface area contributed by atoms with Crippen LogP contribution in [0.1, 0.15) is 12.8 Å². The number of rotatable bonds is 4. The number of carbonyl (C=O) groups excluding carboxylic acids is 3. The molecule has 6 nitrogen and oxygen atoms in total. The SMILES string of the molecule is CN(CC(=O)Nc1c(Cl)cccc1Cl)C(=O)[C@H]1CCC(=O)N1. The van der Waals surface area contributed by atoms with E-state index in [9.17, 15) is 14.4 Å². The number of para-hydroxylation sites is 1. The second-order valence-corrected chi connectivity index (χ2v) is 5.81. The number of amides is 3. The predicted molar refractivity (Wildman–Crippen MR) is 83.9 cm³/mol. The van der Waals surface area contributed by atoms with Gasteiger partial charge in [0.2, 0.25) is 17.7 Å². The summed E-state index contributed by atoms with van der Waals surface area (Å²) in [5.74, 6) is -0.875. The molecule has 0 radical (unpaired) electrons. The van der Waals surface area contributed by atoms with Crippen LogP contribution in [0.3, 0.4) is 0 Å². The molecule has 1 aliphatic rings. The fourth-order valence-corrected chi connectivity index (χ4v) is 2.65. The van der Waals surface area contributed by atoms with Crippen molar-refractivity contribution in [1.82, 2.24) is 10.2 Å². The Kier molecular flexibility index (Phi) is 5.26. The lowest BCUT2D eigenvalue weighted by atomic mass is 10.2. The molecule has 1 aliphatic heterocycles. The average molecular weight is 344 g/mol. The number of nitrogens with one attached hydrogen (secondary N) is 2. The van der Waals surface area contributed by atoms with Gasteiger partial charge < -0.3 is 15.5 Å². The first-order valence-corrected chi connectivity index (χ1v) is 7.42. The molecule has 1 fully saturated rings. The summed E-state index contributed by atoms with van der Waals surface area (Å²) < 4.78 is 0. The number of likely N-dealkylation sites (N-methyl/N-ethyl adjacent to an activating group) is 1. The monoisotopic (exact) mass is 343 g/mol. The molecule has 2 N–H and O–H groups in total. The Balaban J connectivity index is 1.94. The average Bonchev–Trinajstić information content (AvgIpc) is 2.88. The zero-order chi connectivity index (χ0) is 16.3. The van der Waals surface area contributed by atoms with Gasteiger partial charge in [-0.25, -0.2) is 0 Å². The topological polar surface area (TPSA) is 78.5 Å². The zero-order valence-corrected chi connectivity index (χ0v) is 13.4. The van der Waals surface area contributed by atoms with E-state index in [0.717, 1.165) is 0 Å². The van der Waals surface area contributed by atoms with Crippen molar-refractivity contribution in [2.45, 2.75) is 18.9 Å². The van der Waals surface area contributed by atoms with Gasteiger partial charge in [-0.2, -0.15) is 0 Å². The van der Waals surface area contributed by atoms with E-state index in [1.165, 1.54) is 11.9 Å². The zero-order valence-electron chi connectivity index (χ0n) is 11.9. The first kappa shape index (κ1) is 16.6. The normalized spacial score (nSPS) is 17.0. The fraction of sp³-hybridized carbons (Fsp3) is 0.357. The highest BCUT2D eigenvalue weighted by Crippen LogP contribution is 2.29. The van der Waals surface area contributed by atoms with E-state index in [1.54, 1.807) is 18.2 Å². The van der Waals surface area contributed by atoms with Gasteiger partial charge in [0.25, 0.3) is 0 Å². The lowest BCUT2D eigenvalue weighted by molar-refractivity contribution is -0.135. The quantitative estimate of drug-likeness (QED) is 0.872. The Morgan fingerprint density at radius 1 is 1.36 bits per heavy atom. The highest BCUT2D eigenvalue weighted by atomic mass is 35.5. The minimum Gasteiger partial charge on any atom is -0.344 e. The molecule has 118 valence electrons. The molecule has 2 rings (SSSR count). The summed E-state index contributed by atoms with van der Waals surface area (Å²) in [7, 11) is 1.50. The molecule has 0 spiro atoms. The fourth-order valence-electron chi connectivity index (χ4n) is 2.15. The summed E-state index contributed by atoms with van der Waals surface area (Å²) in [4.78, 5) is 36.5. The van der Waals surface area contributed by atoms with E-state index in [-0.39, 0.29) is 18.4 Å². The van der Waals surface area contributed by atoms with Crippen LogP contribution < -0.4 is 10.6 Å². The van der Waals surface area contributed by atoms with Crippen LogP contribution in [0.2, 0.25) is 10.0 Å². The van der Waals surface area contributed by atoms with Gasteiger partial charge in [-0.15, -0.1) is 0 Å². The van der Waals surface area contributed by atoms with E-state index < -0.39 is 11.9 Å². The first-order chi connectivity index (χ1) is 10.4. The maximum atomic E-state index is 12.1. The van der Waals surface area contributed by atoms with Crippen molar-refractivity contribution in [3.63, 3.8) is 0 Å². The van der Waals surface area contributed by atoms with E-state index in [0.29, 0.717) is 28.6 Å². The van der Waals surface area contributed by atoms with Crippen LogP contribution in [0.5, 0.6) is 0 Å². The van der Waals surface area contributed by atoms with Crippen LogP contribution in [0.4, 0.5) is 5.69 Å². The predicted octanol–water partition coefficient (Wildman–Crippen LogP) is 1.67. The molecule has 1 aromatic carbocycles. The summed E-state index contributed by atoms with van der Waals surface area (Å²) in [5, 5.41) is 5.79. The summed E-state index contributed by atoms with van der Waals surface area (Å²) in [5.41, 5.74) is 0.311. The number of hydrogen-bond acceptors (Lipinski definition) is 3. The smallest absolute Gasteiger partial charge is 0.245 e. The van der Waals surface area contributed by atoms with E-state index in [1.807, 2.05) is 0 Å². The number of nitrogens with zero attached hydrogens (tertiary/aromatic N) is 1. The molecule has 22 heavy (non-hydrogen) atoms. The Morgan fingerprint density at radius 3 is 2.55 bits per heavy atom. The Bertz CT molecular complexity index is 601. The van der Waals surface area contributed by atoms with Gasteiger partial charge in [0.05, 0.1) is 22.3 Å². The van der Waals surface area contributed by atoms with Crippen molar-refractivity contribution < 1.29 is 14.4 Å². The molecule has 0 aliphatic carbocycles. The Labute approximate surface area is 137 Å². The minimum atomic E-state index is -0.561. The van der Waals surface area contributed by atoms with Crippen LogP contribution in [0, 0.1) is 0 Å². The van der Waals surface area contributed by atoms with Crippen molar-refractivity contribution in [3.8, 4) is 0 Å². The molecule has 0 bridgehead atoms. The molecule has 1 saturated heterocycles. The van der Waals surface area contributed by atoms with Gasteiger partial charge in [0, 0.05) is 13.5 Å². The van der Waals surface area contributed by atoms with Crippen molar-refractivity contribution in [2.75, 3.05) is 18.9 Å². The third-order valence-corrected chi connectivity index (χ3v) is 3.91. The highest BCUT2D eigenvalue weighted by Gasteiger charge is 2.30. The molecular formula is C14H15Cl2N3O3. The summed E-state index contributed by atoms with van der Waals surface area (Å²) >= 11 is 11.9. The Hall–Kier alpha value is -1.79. The second kappa shape index (κ2) is 6.98. The number of halogens is 2. The van der Waals surface area contributed by atoms with E-state index in [2.05, 4.69) is 10.6 Å². The van der Waals surface area contributed by atoms with Crippen LogP contribution in [0.15, 0.2) is 18.2 Å². The number of anilines is 1. The van der Waals surface area contributed by atoms with Crippen molar-refractivity contribution in [3.05, 3.63) is 28.2 Å². The van der Waals surface area contributed by atoms with Gasteiger partial charge in [-0.1, -0.05) is 29.3 Å². The Morgan fingerprint density at radius 2 is 2.00 bits per heavy atom. The first-order valence-electron chi connectivity index (χ1n) is 6.66. The highest BCUT2D eigenvalue weighted by molar-refractivity contribution is 6.39. The maximum absolute atomic E-state index is 12.1. The largest absolute Gasteiger partial charge is 0.344 e. The summed E-state index contributed by atoms with van der Waals surface area (Å²) in [6, 6.07) is 4.31. The van der Waals surface area contributed by atoms with E-state index >= 15 is 0 Å². The maximum Gasteiger partial charge on any atom is 0.245 e. The molecule has 1 heterocycles. The van der Waals surface area contributed by atoms with Crippen molar-refractivity contribution in [2.24, 2.45) is 0 Å². The van der Waals surface area contributed by atoms with Gasteiger partial charge in [-0.3, -0.25) is 14.4 Å². The molecule has 3 amide bonds. The molecule has 0 saturated carbocycles. The molecular weight excluding hydrogens is 329 g/mol. The number of carbonyl (C=O) groups is 3. The van der Waals surface area contributed by atoms with Gasteiger partial charge in [0.15, 0.2) is 0 Å². The van der Waals surface area contributed by atoms with Crippen molar-refractivity contribution in [1.29, 1.82) is 0 Å². The third-order valence-electron chi connectivity index (χ3n) is 3.28. The van der Waals surface area contributed by atoms with Crippen LogP contribution in [-0.4, -0.2) is 42.3 Å². The third kappa shape index (κ3) is 3.90. The lowest BCUT2D eigenvalue weighted by Gasteiger charge is -2.20. The second-order valence-electron chi connectivity index (χ2n) is 5.00. The molecule has 1 aromatic rings.